The van der Waals surface area contributed by atoms with Crippen LogP contribution in [0.4, 0.5) is 4.79 Å². The average molecular weight is 216 g/mol. The first kappa shape index (κ1) is 13.7. The van der Waals surface area contributed by atoms with Gasteiger partial charge < -0.3 is 15.4 Å². The summed E-state index contributed by atoms with van der Waals surface area (Å²) in [5.41, 5.74) is -0.165. The van der Waals surface area contributed by atoms with Crippen LogP contribution in [0.15, 0.2) is 0 Å². The summed E-state index contributed by atoms with van der Waals surface area (Å²) in [6.45, 7) is 7.44. The van der Waals surface area contributed by atoms with Gasteiger partial charge in [-0.3, -0.25) is 4.79 Å². The number of rotatable bonds is 3. The minimum atomic E-state index is -0.344. The van der Waals surface area contributed by atoms with Crippen molar-refractivity contribution in [3.05, 3.63) is 0 Å². The second-order valence-corrected chi connectivity index (χ2v) is 4.44. The van der Waals surface area contributed by atoms with E-state index >= 15 is 0 Å². The van der Waals surface area contributed by atoms with Crippen molar-refractivity contribution in [1.82, 2.24) is 10.6 Å². The molecule has 15 heavy (non-hydrogen) atoms. The molecule has 0 heterocycles. The lowest BCUT2D eigenvalue weighted by molar-refractivity contribution is -0.142. The fourth-order valence-electron chi connectivity index (χ4n) is 0.939. The number of hydrogen-bond acceptors (Lipinski definition) is 3. The van der Waals surface area contributed by atoms with Crippen molar-refractivity contribution >= 4 is 12.0 Å². The first-order chi connectivity index (χ1) is 6.77. The van der Waals surface area contributed by atoms with Crippen molar-refractivity contribution < 1.29 is 14.3 Å². The average Bonchev–Trinajstić information content (AvgIpc) is 2.09. The highest BCUT2D eigenvalue weighted by atomic mass is 16.5. The molecule has 0 aromatic carbocycles. The third-order valence-electron chi connectivity index (χ3n) is 2.03. The summed E-state index contributed by atoms with van der Waals surface area (Å²) >= 11 is 0. The SMILES string of the molecule is CNC(=O)NC(COC(C)=O)C(C)(C)C. The molecule has 0 aliphatic carbocycles. The van der Waals surface area contributed by atoms with Crippen LogP contribution in [0.2, 0.25) is 0 Å². The van der Waals surface area contributed by atoms with Gasteiger partial charge in [0.1, 0.15) is 6.61 Å². The van der Waals surface area contributed by atoms with Crippen LogP contribution in [-0.2, 0) is 9.53 Å². The van der Waals surface area contributed by atoms with E-state index < -0.39 is 0 Å². The molecule has 0 rings (SSSR count). The second-order valence-electron chi connectivity index (χ2n) is 4.44. The van der Waals surface area contributed by atoms with Crippen LogP contribution in [0.25, 0.3) is 0 Å². The Kier molecular flexibility index (Phi) is 5.11. The molecule has 0 saturated carbocycles. The molecule has 0 radical (unpaired) electrons. The van der Waals surface area contributed by atoms with Gasteiger partial charge in [0.15, 0.2) is 0 Å². The highest BCUT2D eigenvalue weighted by molar-refractivity contribution is 5.74. The molecule has 5 nitrogen and oxygen atoms in total. The molecule has 2 amide bonds. The summed E-state index contributed by atoms with van der Waals surface area (Å²) in [6, 6.07) is -0.483. The van der Waals surface area contributed by atoms with Crippen molar-refractivity contribution in [2.45, 2.75) is 33.7 Å². The maximum Gasteiger partial charge on any atom is 0.314 e. The van der Waals surface area contributed by atoms with Gasteiger partial charge in [-0.25, -0.2) is 4.79 Å². The Morgan fingerprint density at radius 3 is 2.20 bits per heavy atom. The molecule has 0 aliphatic rings. The molecule has 1 unspecified atom stereocenters. The van der Waals surface area contributed by atoms with Gasteiger partial charge in [-0.1, -0.05) is 20.8 Å². The van der Waals surface area contributed by atoms with Crippen LogP contribution < -0.4 is 10.6 Å². The normalized spacial score (nSPS) is 12.9. The fourth-order valence-corrected chi connectivity index (χ4v) is 0.939. The smallest absolute Gasteiger partial charge is 0.314 e. The number of amides is 2. The first-order valence-electron chi connectivity index (χ1n) is 4.89. The molecule has 0 bridgehead atoms. The van der Waals surface area contributed by atoms with Gasteiger partial charge in [-0.2, -0.15) is 0 Å². The van der Waals surface area contributed by atoms with Gasteiger partial charge in [-0.15, -0.1) is 0 Å². The third kappa shape index (κ3) is 5.93. The second kappa shape index (κ2) is 5.58. The molecule has 2 N–H and O–H groups in total. The summed E-state index contributed by atoms with van der Waals surface area (Å²) < 4.78 is 4.89. The third-order valence-corrected chi connectivity index (χ3v) is 2.03. The number of esters is 1. The topological polar surface area (TPSA) is 67.4 Å². The van der Waals surface area contributed by atoms with E-state index in [-0.39, 0.29) is 30.1 Å². The highest BCUT2D eigenvalue weighted by Gasteiger charge is 2.26. The minimum absolute atomic E-state index is 0.165. The number of carbonyl (C=O) groups excluding carboxylic acids is 2. The predicted octanol–water partition coefficient (Wildman–Crippen LogP) is 0.893. The molecule has 0 spiro atoms. The zero-order valence-corrected chi connectivity index (χ0v) is 10.0. The lowest BCUT2D eigenvalue weighted by Gasteiger charge is -2.30. The quantitative estimate of drug-likeness (QED) is 0.688. The Morgan fingerprint density at radius 2 is 1.87 bits per heavy atom. The van der Waals surface area contributed by atoms with E-state index in [1.807, 2.05) is 20.8 Å². The van der Waals surface area contributed by atoms with E-state index in [4.69, 9.17) is 4.74 Å². The van der Waals surface area contributed by atoms with Gasteiger partial charge in [0.25, 0.3) is 0 Å². The molecular formula is C10H20N2O3. The summed E-state index contributed by atoms with van der Waals surface area (Å²) in [5.74, 6) is -0.344. The number of ether oxygens (including phenoxy) is 1. The van der Waals surface area contributed by atoms with Crippen LogP contribution in [-0.4, -0.2) is 31.7 Å². The van der Waals surface area contributed by atoms with Crippen LogP contribution in [0.5, 0.6) is 0 Å². The Bertz CT molecular complexity index is 233. The summed E-state index contributed by atoms with van der Waals surface area (Å²) in [5, 5.41) is 5.20. The van der Waals surface area contributed by atoms with Gasteiger partial charge in [0.2, 0.25) is 0 Å². The maximum absolute atomic E-state index is 11.2. The molecule has 0 aliphatic heterocycles. The number of hydrogen-bond donors (Lipinski definition) is 2. The maximum atomic E-state index is 11.2. The monoisotopic (exact) mass is 216 g/mol. The number of nitrogens with one attached hydrogen (secondary N) is 2. The van der Waals surface area contributed by atoms with Gasteiger partial charge in [0.05, 0.1) is 6.04 Å². The van der Waals surface area contributed by atoms with Crippen LogP contribution in [0, 0.1) is 5.41 Å². The lowest BCUT2D eigenvalue weighted by atomic mass is 9.87. The molecular weight excluding hydrogens is 196 g/mol. The van der Waals surface area contributed by atoms with E-state index in [0.717, 1.165) is 0 Å². The van der Waals surface area contributed by atoms with Crippen molar-refractivity contribution in [3.8, 4) is 0 Å². The molecule has 5 heteroatoms. The molecule has 1 atom stereocenters. The molecule has 0 aromatic rings. The van der Waals surface area contributed by atoms with Crippen LogP contribution in [0.1, 0.15) is 27.7 Å². The Morgan fingerprint density at radius 1 is 1.33 bits per heavy atom. The van der Waals surface area contributed by atoms with Crippen molar-refractivity contribution in [1.29, 1.82) is 0 Å². The zero-order chi connectivity index (χ0) is 12.1. The largest absolute Gasteiger partial charge is 0.464 e. The van der Waals surface area contributed by atoms with E-state index in [1.165, 1.54) is 6.92 Å². The van der Waals surface area contributed by atoms with E-state index in [1.54, 1.807) is 7.05 Å². The number of urea groups is 1. The highest BCUT2D eigenvalue weighted by Crippen LogP contribution is 2.19. The molecule has 0 aromatic heterocycles. The summed E-state index contributed by atoms with van der Waals surface area (Å²) in [6.07, 6.45) is 0. The molecule has 0 saturated heterocycles. The fraction of sp³-hybridized carbons (Fsp3) is 0.800. The Labute approximate surface area is 90.6 Å². The van der Waals surface area contributed by atoms with Crippen LogP contribution >= 0.6 is 0 Å². The standard InChI is InChI=1S/C10H20N2O3/c1-7(13)15-6-8(10(2,3)4)12-9(14)11-5/h8H,6H2,1-5H3,(H2,11,12,14). The van der Waals surface area contributed by atoms with Crippen molar-refractivity contribution in [2.24, 2.45) is 5.41 Å². The lowest BCUT2D eigenvalue weighted by Crippen LogP contribution is -2.49. The van der Waals surface area contributed by atoms with E-state index in [0.29, 0.717) is 0 Å². The molecule has 0 fully saturated rings. The summed E-state index contributed by atoms with van der Waals surface area (Å²) in [7, 11) is 1.54. The van der Waals surface area contributed by atoms with Crippen molar-refractivity contribution in [3.63, 3.8) is 0 Å². The Balaban J connectivity index is 4.32. The minimum Gasteiger partial charge on any atom is -0.464 e. The molecule has 88 valence electrons. The van der Waals surface area contributed by atoms with Crippen LogP contribution in [0.3, 0.4) is 0 Å². The van der Waals surface area contributed by atoms with Gasteiger partial charge in [0, 0.05) is 14.0 Å². The van der Waals surface area contributed by atoms with Crippen molar-refractivity contribution in [2.75, 3.05) is 13.7 Å². The predicted molar refractivity (Wildman–Crippen MR) is 57.5 cm³/mol. The summed E-state index contributed by atoms with van der Waals surface area (Å²) in [4.78, 5) is 21.8. The first-order valence-corrected chi connectivity index (χ1v) is 4.89. The Hall–Kier alpha value is -1.26. The van der Waals surface area contributed by atoms with E-state index in [9.17, 15) is 9.59 Å². The van der Waals surface area contributed by atoms with E-state index in [2.05, 4.69) is 10.6 Å². The zero-order valence-electron chi connectivity index (χ0n) is 10.0. The van der Waals surface area contributed by atoms with Gasteiger partial charge in [-0.05, 0) is 5.41 Å². The van der Waals surface area contributed by atoms with Gasteiger partial charge >= 0.3 is 12.0 Å². The number of carbonyl (C=O) groups is 2.